The van der Waals surface area contributed by atoms with Crippen molar-refractivity contribution in [2.24, 2.45) is 5.92 Å². The lowest BCUT2D eigenvalue weighted by Gasteiger charge is -2.01. The summed E-state index contributed by atoms with van der Waals surface area (Å²) in [6, 6.07) is 8.47. The fourth-order valence-corrected chi connectivity index (χ4v) is 2.12. The van der Waals surface area contributed by atoms with Gasteiger partial charge in [0, 0.05) is 6.54 Å². The SMILES string of the molecule is CCc1ccc(-n2cc(CNCC3CC3)nn2)cc1. The molecule has 1 aromatic carbocycles. The summed E-state index contributed by atoms with van der Waals surface area (Å²) in [6.45, 7) is 4.08. The molecule has 0 radical (unpaired) electrons. The van der Waals surface area contributed by atoms with Crippen LogP contribution >= 0.6 is 0 Å². The van der Waals surface area contributed by atoms with Gasteiger partial charge in [0.2, 0.25) is 0 Å². The molecular weight excluding hydrogens is 236 g/mol. The van der Waals surface area contributed by atoms with Crippen molar-refractivity contribution in [2.75, 3.05) is 6.54 Å². The molecule has 0 atom stereocenters. The molecule has 1 aromatic heterocycles. The first-order valence-corrected chi connectivity index (χ1v) is 7.06. The standard InChI is InChI=1S/C15H20N4/c1-2-12-5-7-15(8-6-12)19-11-14(17-18-19)10-16-9-13-3-4-13/h5-8,11,13,16H,2-4,9-10H2,1H3. The van der Waals surface area contributed by atoms with E-state index in [1.807, 2.05) is 10.9 Å². The highest BCUT2D eigenvalue weighted by molar-refractivity contribution is 5.33. The summed E-state index contributed by atoms with van der Waals surface area (Å²) in [5.74, 6) is 0.900. The quantitative estimate of drug-likeness (QED) is 0.862. The molecule has 0 amide bonds. The lowest BCUT2D eigenvalue weighted by atomic mass is 10.1. The van der Waals surface area contributed by atoms with Gasteiger partial charge in [-0.3, -0.25) is 0 Å². The second-order valence-electron chi connectivity index (χ2n) is 5.25. The van der Waals surface area contributed by atoms with E-state index in [4.69, 9.17) is 0 Å². The van der Waals surface area contributed by atoms with Crippen molar-refractivity contribution in [3.05, 3.63) is 41.7 Å². The maximum Gasteiger partial charge on any atom is 0.0969 e. The molecule has 0 unspecified atom stereocenters. The number of hydrogen-bond acceptors (Lipinski definition) is 3. The molecule has 4 nitrogen and oxygen atoms in total. The summed E-state index contributed by atoms with van der Waals surface area (Å²) in [4.78, 5) is 0. The maximum absolute atomic E-state index is 4.20. The molecule has 2 aromatic rings. The van der Waals surface area contributed by atoms with Crippen LogP contribution in [0.25, 0.3) is 5.69 Å². The summed E-state index contributed by atoms with van der Waals surface area (Å²) in [6.07, 6.45) is 5.82. The number of nitrogens with one attached hydrogen (secondary N) is 1. The third-order valence-electron chi connectivity index (χ3n) is 3.59. The number of nitrogens with zero attached hydrogens (tertiary/aromatic N) is 3. The predicted octanol–water partition coefficient (Wildman–Crippen LogP) is 2.33. The average Bonchev–Trinajstić information content (AvgIpc) is 3.15. The van der Waals surface area contributed by atoms with Gasteiger partial charge in [0.1, 0.15) is 0 Å². The molecule has 3 rings (SSSR count). The van der Waals surface area contributed by atoms with Crippen LogP contribution in [0.15, 0.2) is 30.5 Å². The topological polar surface area (TPSA) is 42.7 Å². The zero-order valence-corrected chi connectivity index (χ0v) is 11.3. The number of benzene rings is 1. The summed E-state index contributed by atoms with van der Waals surface area (Å²) in [5.41, 5.74) is 3.41. The summed E-state index contributed by atoms with van der Waals surface area (Å²) in [5, 5.41) is 11.8. The van der Waals surface area contributed by atoms with E-state index in [9.17, 15) is 0 Å². The summed E-state index contributed by atoms with van der Waals surface area (Å²) in [7, 11) is 0. The highest BCUT2D eigenvalue weighted by atomic mass is 15.4. The van der Waals surface area contributed by atoms with Gasteiger partial charge < -0.3 is 5.32 Å². The van der Waals surface area contributed by atoms with Crippen LogP contribution in [0.5, 0.6) is 0 Å². The smallest absolute Gasteiger partial charge is 0.0969 e. The number of hydrogen-bond donors (Lipinski definition) is 1. The van der Waals surface area contributed by atoms with E-state index in [2.05, 4.69) is 46.8 Å². The molecule has 4 heteroatoms. The average molecular weight is 256 g/mol. The largest absolute Gasteiger partial charge is 0.311 e. The van der Waals surface area contributed by atoms with Crippen LogP contribution < -0.4 is 5.32 Å². The molecule has 0 spiro atoms. The molecule has 19 heavy (non-hydrogen) atoms. The molecule has 1 fully saturated rings. The second-order valence-corrected chi connectivity index (χ2v) is 5.25. The highest BCUT2D eigenvalue weighted by Crippen LogP contribution is 2.27. The molecule has 1 N–H and O–H groups in total. The minimum absolute atomic E-state index is 0.809. The predicted molar refractivity (Wildman–Crippen MR) is 75.2 cm³/mol. The molecule has 1 heterocycles. The van der Waals surface area contributed by atoms with Crippen molar-refractivity contribution in [3.63, 3.8) is 0 Å². The lowest BCUT2D eigenvalue weighted by molar-refractivity contribution is 0.628. The van der Waals surface area contributed by atoms with Crippen LogP contribution in [0.1, 0.15) is 31.0 Å². The Hall–Kier alpha value is -1.68. The number of rotatable bonds is 6. The first-order valence-electron chi connectivity index (χ1n) is 7.06. The Bertz CT molecular complexity index is 525. The molecule has 0 bridgehead atoms. The lowest BCUT2D eigenvalue weighted by Crippen LogP contribution is -2.16. The Labute approximate surface area is 113 Å². The van der Waals surface area contributed by atoms with E-state index >= 15 is 0 Å². The van der Waals surface area contributed by atoms with Gasteiger partial charge in [-0.1, -0.05) is 24.3 Å². The first kappa shape index (κ1) is 12.4. The number of aryl methyl sites for hydroxylation is 1. The summed E-state index contributed by atoms with van der Waals surface area (Å²) >= 11 is 0. The van der Waals surface area contributed by atoms with Gasteiger partial charge in [0.25, 0.3) is 0 Å². The van der Waals surface area contributed by atoms with Crippen LogP contribution in [0.2, 0.25) is 0 Å². The molecule has 1 aliphatic carbocycles. The van der Waals surface area contributed by atoms with E-state index < -0.39 is 0 Å². The highest BCUT2D eigenvalue weighted by Gasteiger charge is 2.20. The molecule has 0 aliphatic heterocycles. The Morgan fingerprint density at radius 2 is 2.05 bits per heavy atom. The van der Waals surface area contributed by atoms with Crippen molar-refractivity contribution in [1.82, 2.24) is 20.3 Å². The van der Waals surface area contributed by atoms with Gasteiger partial charge in [-0.25, -0.2) is 4.68 Å². The van der Waals surface area contributed by atoms with Gasteiger partial charge in [-0.15, -0.1) is 5.10 Å². The van der Waals surface area contributed by atoms with Crippen molar-refractivity contribution < 1.29 is 0 Å². The van der Waals surface area contributed by atoms with Crippen LogP contribution in [-0.4, -0.2) is 21.5 Å². The van der Waals surface area contributed by atoms with Gasteiger partial charge in [-0.2, -0.15) is 0 Å². The van der Waals surface area contributed by atoms with Crippen LogP contribution in [-0.2, 0) is 13.0 Å². The molecule has 1 saturated carbocycles. The fraction of sp³-hybridized carbons (Fsp3) is 0.467. The maximum atomic E-state index is 4.20. The van der Waals surface area contributed by atoms with Gasteiger partial charge in [0.05, 0.1) is 17.6 Å². The van der Waals surface area contributed by atoms with E-state index in [1.54, 1.807) is 0 Å². The van der Waals surface area contributed by atoms with Crippen molar-refractivity contribution >= 4 is 0 Å². The normalized spacial score (nSPS) is 14.8. The van der Waals surface area contributed by atoms with Crippen molar-refractivity contribution in [2.45, 2.75) is 32.7 Å². The van der Waals surface area contributed by atoms with Crippen LogP contribution in [0, 0.1) is 5.92 Å². The van der Waals surface area contributed by atoms with Gasteiger partial charge >= 0.3 is 0 Å². The third-order valence-corrected chi connectivity index (χ3v) is 3.59. The van der Waals surface area contributed by atoms with E-state index in [0.29, 0.717) is 0 Å². The van der Waals surface area contributed by atoms with E-state index in [0.717, 1.165) is 36.8 Å². The molecule has 0 saturated heterocycles. The Morgan fingerprint density at radius 3 is 2.74 bits per heavy atom. The minimum Gasteiger partial charge on any atom is -0.311 e. The fourth-order valence-electron chi connectivity index (χ4n) is 2.12. The minimum atomic E-state index is 0.809. The molecule has 1 aliphatic rings. The van der Waals surface area contributed by atoms with Crippen LogP contribution in [0.4, 0.5) is 0 Å². The van der Waals surface area contributed by atoms with E-state index in [1.165, 1.54) is 18.4 Å². The second kappa shape index (κ2) is 5.53. The zero-order chi connectivity index (χ0) is 13.1. The zero-order valence-electron chi connectivity index (χ0n) is 11.3. The van der Waals surface area contributed by atoms with Crippen molar-refractivity contribution in [3.8, 4) is 5.69 Å². The summed E-state index contributed by atoms with van der Waals surface area (Å²) < 4.78 is 1.84. The van der Waals surface area contributed by atoms with E-state index in [-0.39, 0.29) is 0 Å². The number of aromatic nitrogens is 3. The Kier molecular flexibility index (Phi) is 3.60. The Balaban J connectivity index is 1.61. The van der Waals surface area contributed by atoms with Crippen LogP contribution in [0.3, 0.4) is 0 Å². The Morgan fingerprint density at radius 1 is 1.26 bits per heavy atom. The monoisotopic (exact) mass is 256 g/mol. The molecular formula is C15H20N4. The first-order chi connectivity index (χ1) is 9.35. The van der Waals surface area contributed by atoms with Crippen molar-refractivity contribution in [1.29, 1.82) is 0 Å². The third kappa shape index (κ3) is 3.20. The van der Waals surface area contributed by atoms with Gasteiger partial charge in [-0.05, 0) is 49.4 Å². The molecule has 100 valence electrons. The van der Waals surface area contributed by atoms with Gasteiger partial charge in [0.15, 0.2) is 0 Å².